The maximum absolute atomic E-state index is 14.2. The van der Waals surface area contributed by atoms with E-state index >= 15 is 0 Å². The van der Waals surface area contributed by atoms with Crippen molar-refractivity contribution in [3.63, 3.8) is 0 Å². The number of halogens is 1. The third-order valence-corrected chi connectivity index (χ3v) is 7.01. The first kappa shape index (κ1) is 24.8. The van der Waals surface area contributed by atoms with E-state index < -0.39 is 7.12 Å². The molecule has 2 saturated heterocycles. The molecule has 0 spiro atoms. The molecule has 6 nitrogen and oxygen atoms in total. The third kappa shape index (κ3) is 5.16. The highest BCUT2D eigenvalue weighted by Crippen LogP contribution is 2.31. The molecular formula is C28H34BFN2O4. The highest BCUT2D eigenvalue weighted by molar-refractivity contribution is 6.63. The van der Waals surface area contributed by atoms with Gasteiger partial charge in [0.05, 0.1) is 11.4 Å². The van der Waals surface area contributed by atoms with Gasteiger partial charge in [0.25, 0.3) is 0 Å². The lowest BCUT2D eigenvalue weighted by atomic mass is 9.74. The van der Waals surface area contributed by atoms with Crippen LogP contribution in [0.4, 0.5) is 16.0 Å². The van der Waals surface area contributed by atoms with Crippen LogP contribution in [0.3, 0.4) is 0 Å². The summed E-state index contributed by atoms with van der Waals surface area (Å²) in [6.07, 6.45) is 3.39. The van der Waals surface area contributed by atoms with Gasteiger partial charge in [-0.2, -0.15) is 0 Å². The maximum Gasteiger partial charge on any atom is 0.496 e. The Morgan fingerprint density at radius 2 is 1.78 bits per heavy atom. The van der Waals surface area contributed by atoms with E-state index in [1.165, 1.54) is 18.6 Å². The number of hydrogen-bond acceptors (Lipinski definition) is 6. The Morgan fingerprint density at radius 1 is 1.06 bits per heavy atom. The number of nitrogens with zero attached hydrogens (tertiary/aromatic N) is 1. The zero-order valence-electron chi connectivity index (χ0n) is 21.5. The summed E-state index contributed by atoms with van der Waals surface area (Å²) in [5.74, 6) is 0.275. The predicted molar refractivity (Wildman–Crippen MR) is 143 cm³/mol. The van der Waals surface area contributed by atoms with Gasteiger partial charge in [-0.3, -0.25) is 4.79 Å². The average Bonchev–Trinajstić information content (AvgIpc) is 2.85. The first-order chi connectivity index (χ1) is 17.2. The van der Waals surface area contributed by atoms with Crippen LogP contribution in [0.1, 0.15) is 57.2 Å². The van der Waals surface area contributed by atoms with Gasteiger partial charge in [0.2, 0.25) is 0 Å². The number of piperidine rings is 1. The summed E-state index contributed by atoms with van der Waals surface area (Å²) in [5, 5.41) is 4.08. The van der Waals surface area contributed by atoms with Gasteiger partial charge in [0.15, 0.2) is 11.3 Å². The van der Waals surface area contributed by atoms with Crippen LogP contribution in [0, 0.1) is 18.2 Å². The molecule has 0 amide bonds. The van der Waals surface area contributed by atoms with Crippen LogP contribution in [0.2, 0.25) is 0 Å². The Kier molecular flexibility index (Phi) is 6.83. The number of nitrogens with one attached hydrogen (secondary N) is 1. The number of fused-ring (bicyclic) bond motifs is 1. The Hall–Kier alpha value is -2.84. The fourth-order valence-electron chi connectivity index (χ4n) is 5.06. The molecule has 1 N–H and O–H groups in total. The van der Waals surface area contributed by atoms with Gasteiger partial charge >= 0.3 is 7.12 Å². The molecule has 2 aromatic carbocycles. The standard InChI is InChI=1S/C28H34BFN2O4/c1-18-12-21(27-22(13-18)25(33)15-26(36-27)32-10-6-5-7-11-32)19(2)31-24-9-8-20(30)14-23(24)29-34-16-28(3,4)17-35-29/h8-9,12-15,19,31H,5-7,10-11,16-17H2,1-4H3/t19-/m1/s1. The molecule has 0 saturated carbocycles. The zero-order chi connectivity index (χ0) is 25.4. The number of benzene rings is 2. The first-order valence-electron chi connectivity index (χ1n) is 12.8. The molecule has 2 aliphatic heterocycles. The topological polar surface area (TPSA) is 63.9 Å². The number of hydrogen-bond donors (Lipinski definition) is 1. The molecule has 5 rings (SSSR count). The molecule has 0 radical (unpaired) electrons. The van der Waals surface area contributed by atoms with Gasteiger partial charge in [-0.05, 0) is 62.9 Å². The minimum absolute atomic E-state index is 0.0388. The molecule has 0 unspecified atom stereocenters. The minimum Gasteiger partial charge on any atom is -0.440 e. The summed E-state index contributed by atoms with van der Waals surface area (Å²) >= 11 is 0. The molecule has 1 aromatic heterocycles. The Balaban J connectivity index is 1.50. The van der Waals surface area contributed by atoms with E-state index in [1.54, 1.807) is 12.1 Å². The molecule has 1 atom stereocenters. The van der Waals surface area contributed by atoms with Gasteiger partial charge in [0, 0.05) is 54.5 Å². The molecule has 0 aliphatic carbocycles. The Labute approximate surface area is 211 Å². The lowest BCUT2D eigenvalue weighted by Crippen LogP contribution is -2.48. The predicted octanol–water partition coefficient (Wildman–Crippen LogP) is 5.17. The van der Waals surface area contributed by atoms with Gasteiger partial charge in [0.1, 0.15) is 11.4 Å². The van der Waals surface area contributed by atoms with Crippen molar-refractivity contribution in [2.75, 3.05) is 36.5 Å². The molecule has 36 heavy (non-hydrogen) atoms. The second kappa shape index (κ2) is 9.90. The van der Waals surface area contributed by atoms with Crippen LogP contribution in [0.15, 0.2) is 45.6 Å². The van der Waals surface area contributed by atoms with Crippen molar-refractivity contribution in [2.24, 2.45) is 5.41 Å². The van der Waals surface area contributed by atoms with E-state index in [2.05, 4.69) is 24.1 Å². The fraction of sp³-hybridized carbons (Fsp3) is 0.464. The van der Waals surface area contributed by atoms with E-state index in [9.17, 15) is 9.18 Å². The molecule has 190 valence electrons. The van der Waals surface area contributed by atoms with Crippen molar-refractivity contribution < 1.29 is 18.1 Å². The molecule has 3 aromatic rings. The minimum atomic E-state index is -0.652. The lowest BCUT2D eigenvalue weighted by Gasteiger charge is -2.34. The van der Waals surface area contributed by atoms with Crippen LogP contribution in [0.25, 0.3) is 11.0 Å². The smallest absolute Gasteiger partial charge is 0.440 e. The largest absolute Gasteiger partial charge is 0.496 e. The number of anilines is 2. The van der Waals surface area contributed by atoms with Crippen molar-refractivity contribution >= 4 is 35.1 Å². The van der Waals surface area contributed by atoms with Crippen LogP contribution in [-0.4, -0.2) is 33.4 Å². The van der Waals surface area contributed by atoms with Gasteiger partial charge in [-0.1, -0.05) is 19.9 Å². The molecule has 3 heterocycles. The second-order valence-corrected chi connectivity index (χ2v) is 10.9. The van der Waals surface area contributed by atoms with E-state index in [4.69, 9.17) is 13.7 Å². The second-order valence-electron chi connectivity index (χ2n) is 10.9. The summed E-state index contributed by atoms with van der Waals surface area (Å²) < 4.78 is 32.6. The van der Waals surface area contributed by atoms with Crippen molar-refractivity contribution in [2.45, 2.75) is 53.0 Å². The summed E-state index contributed by atoms with van der Waals surface area (Å²) in [6.45, 7) is 11.0. The van der Waals surface area contributed by atoms with E-state index in [0.717, 1.165) is 42.7 Å². The SMILES string of the molecule is Cc1cc([C@@H](C)Nc2ccc(F)cc2B2OCC(C)(C)CO2)c2oc(N3CCCCC3)cc(=O)c2c1. The highest BCUT2D eigenvalue weighted by atomic mass is 19.1. The lowest BCUT2D eigenvalue weighted by molar-refractivity contribution is 0.0343. The third-order valence-electron chi connectivity index (χ3n) is 7.01. The number of aryl methyl sites for hydroxylation is 1. The zero-order valence-corrected chi connectivity index (χ0v) is 21.5. The summed E-state index contributed by atoms with van der Waals surface area (Å²) in [7, 11) is -0.652. The van der Waals surface area contributed by atoms with Gasteiger partial charge in [-0.25, -0.2) is 4.39 Å². The summed E-state index contributed by atoms with van der Waals surface area (Å²) in [6, 6.07) is 9.91. The molecule has 8 heteroatoms. The van der Waals surface area contributed by atoms with Crippen molar-refractivity contribution in [1.29, 1.82) is 0 Å². The van der Waals surface area contributed by atoms with E-state index in [-0.39, 0.29) is 22.7 Å². The normalized spacial score (nSPS) is 18.9. The van der Waals surface area contributed by atoms with Gasteiger partial charge in [-0.15, -0.1) is 0 Å². The molecule has 0 bridgehead atoms. The van der Waals surface area contributed by atoms with Crippen molar-refractivity contribution in [3.05, 3.63) is 63.6 Å². The number of rotatable bonds is 5. The van der Waals surface area contributed by atoms with E-state index in [1.807, 2.05) is 26.0 Å². The van der Waals surface area contributed by atoms with E-state index in [0.29, 0.717) is 35.5 Å². The van der Waals surface area contributed by atoms with Gasteiger partial charge < -0.3 is 23.9 Å². The fourth-order valence-corrected chi connectivity index (χ4v) is 5.06. The average molecular weight is 492 g/mol. The quantitative estimate of drug-likeness (QED) is 0.496. The first-order valence-corrected chi connectivity index (χ1v) is 12.8. The maximum atomic E-state index is 14.2. The summed E-state index contributed by atoms with van der Waals surface area (Å²) in [4.78, 5) is 15.3. The van der Waals surface area contributed by atoms with Crippen LogP contribution < -0.4 is 21.1 Å². The highest BCUT2D eigenvalue weighted by Gasteiger charge is 2.35. The molecule has 2 aliphatic rings. The van der Waals surface area contributed by atoms with Crippen LogP contribution in [0.5, 0.6) is 0 Å². The van der Waals surface area contributed by atoms with Crippen LogP contribution in [-0.2, 0) is 9.31 Å². The van der Waals surface area contributed by atoms with Crippen molar-refractivity contribution in [1.82, 2.24) is 0 Å². The molecular weight excluding hydrogens is 458 g/mol. The molecule has 2 fully saturated rings. The Bertz CT molecular complexity index is 1310. The summed E-state index contributed by atoms with van der Waals surface area (Å²) in [5.41, 5.74) is 3.65. The van der Waals surface area contributed by atoms with Crippen LogP contribution >= 0.6 is 0 Å². The van der Waals surface area contributed by atoms with Crippen molar-refractivity contribution in [3.8, 4) is 0 Å². The monoisotopic (exact) mass is 492 g/mol. The Morgan fingerprint density at radius 3 is 2.50 bits per heavy atom.